The van der Waals surface area contributed by atoms with Crippen LogP contribution in [0.5, 0.6) is 0 Å². The van der Waals surface area contributed by atoms with E-state index in [1.54, 1.807) is 7.05 Å². The summed E-state index contributed by atoms with van der Waals surface area (Å²) >= 11 is 0.991. The maximum Gasteiger partial charge on any atom is 0.434 e. The number of hydrogen-bond acceptors (Lipinski definition) is 3. The van der Waals surface area contributed by atoms with E-state index < -0.39 is 11.9 Å². The lowest BCUT2D eigenvalue weighted by molar-refractivity contribution is -0.140. The van der Waals surface area contributed by atoms with Crippen LogP contribution in [0.4, 0.5) is 13.2 Å². The first kappa shape index (κ1) is 20.4. The molecule has 1 aromatic heterocycles. The lowest BCUT2D eigenvalue weighted by Crippen LogP contribution is -2.38. The highest BCUT2D eigenvalue weighted by Gasteiger charge is 2.33. The van der Waals surface area contributed by atoms with Crippen molar-refractivity contribution in [1.82, 2.24) is 15.2 Å². The van der Waals surface area contributed by atoms with E-state index in [0.717, 1.165) is 36.1 Å². The van der Waals surface area contributed by atoms with Gasteiger partial charge in [0.15, 0.2) is 11.7 Å². The molecule has 4 nitrogen and oxygen atoms in total. The number of nitrogens with zero attached hydrogens (tertiary/aromatic N) is 3. The first-order chi connectivity index (χ1) is 9.38. The molecule has 1 rings (SSSR count). The Balaban J connectivity index is 0.00000400. The SMILES string of the molecule is CCCCN(C)C(=NC)NCc1nc(C(F)(F)F)cs1.I. The van der Waals surface area contributed by atoms with E-state index in [1.165, 1.54) is 0 Å². The van der Waals surface area contributed by atoms with Crippen molar-refractivity contribution >= 4 is 41.3 Å². The molecule has 0 aliphatic carbocycles. The van der Waals surface area contributed by atoms with Gasteiger partial charge in [0, 0.05) is 26.0 Å². The predicted molar refractivity (Wildman–Crippen MR) is 90.3 cm³/mol. The van der Waals surface area contributed by atoms with E-state index in [2.05, 4.69) is 22.2 Å². The Morgan fingerprint density at radius 2 is 2.14 bits per heavy atom. The van der Waals surface area contributed by atoms with E-state index >= 15 is 0 Å². The number of hydrogen-bond donors (Lipinski definition) is 1. The average molecular weight is 436 g/mol. The Kier molecular flexibility index (Phi) is 9.18. The van der Waals surface area contributed by atoms with Gasteiger partial charge in [-0.3, -0.25) is 4.99 Å². The van der Waals surface area contributed by atoms with Crippen LogP contribution >= 0.6 is 35.3 Å². The second-order valence-electron chi connectivity index (χ2n) is 4.30. The molecule has 0 saturated heterocycles. The number of unbranched alkanes of at least 4 members (excludes halogenated alkanes) is 1. The summed E-state index contributed by atoms with van der Waals surface area (Å²) in [6.45, 7) is 3.18. The van der Waals surface area contributed by atoms with E-state index in [9.17, 15) is 13.2 Å². The Morgan fingerprint density at radius 3 is 2.62 bits per heavy atom. The minimum absolute atomic E-state index is 0. The molecule has 0 radical (unpaired) electrons. The molecule has 0 unspecified atom stereocenters. The van der Waals surface area contributed by atoms with Gasteiger partial charge in [0.25, 0.3) is 0 Å². The highest BCUT2D eigenvalue weighted by molar-refractivity contribution is 14.0. The smallest absolute Gasteiger partial charge is 0.350 e. The average Bonchev–Trinajstić information content (AvgIpc) is 2.85. The maximum absolute atomic E-state index is 12.4. The zero-order chi connectivity index (χ0) is 15.2. The number of aliphatic imine (C=N–C) groups is 1. The summed E-state index contributed by atoms with van der Waals surface area (Å²) in [5.41, 5.74) is -0.839. The van der Waals surface area contributed by atoms with Crippen LogP contribution in [0.2, 0.25) is 0 Å². The molecule has 9 heteroatoms. The normalized spacial score (nSPS) is 12.0. The number of aromatic nitrogens is 1. The van der Waals surface area contributed by atoms with Crippen molar-refractivity contribution in [1.29, 1.82) is 0 Å². The zero-order valence-electron chi connectivity index (χ0n) is 12.2. The quantitative estimate of drug-likeness (QED) is 0.436. The molecule has 0 saturated carbocycles. The predicted octanol–water partition coefficient (Wildman–Crippen LogP) is 3.59. The van der Waals surface area contributed by atoms with Gasteiger partial charge in [-0.2, -0.15) is 13.2 Å². The molecule has 21 heavy (non-hydrogen) atoms. The summed E-state index contributed by atoms with van der Waals surface area (Å²) < 4.78 is 37.3. The third-order valence-electron chi connectivity index (χ3n) is 2.66. The molecule has 0 aliphatic heterocycles. The van der Waals surface area contributed by atoms with E-state index in [4.69, 9.17) is 0 Å². The Labute approximate surface area is 143 Å². The van der Waals surface area contributed by atoms with Gasteiger partial charge in [-0.1, -0.05) is 13.3 Å². The van der Waals surface area contributed by atoms with Crippen LogP contribution in [-0.2, 0) is 12.7 Å². The first-order valence-corrected chi connectivity index (χ1v) is 7.19. The van der Waals surface area contributed by atoms with Crippen molar-refractivity contribution in [3.63, 3.8) is 0 Å². The number of thiazole rings is 1. The molecule has 1 heterocycles. The monoisotopic (exact) mass is 436 g/mol. The van der Waals surface area contributed by atoms with Gasteiger partial charge in [0.05, 0.1) is 6.54 Å². The van der Waals surface area contributed by atoms with Crippen LogP contribution in [0.1, 0.15) is 30.5 Å². The standard InChI is InChI=1S/C12H19F3N4S.HI/c1-4-5-6-19(3)11(16-2)17-7-10-18-9(8-20-10)12(13,14)15;/h8H,4-7H2,1-3H3,(H,16,17);1H. The van der Waals surface area contributed by atoms with Gasteiger partial charge in [-0.05, 0) is 6.42 Å². The number of rotatable bonds is 5. The minimum Gasteiger partial charge on any atom is -0.350 e. The van der Waals surface area contributed by atoms with Crippen LogP contribution in [0.3, 0.4) is 0 Å². The summed E-state index contributed by atoms with van der Waals surface area (Å²) in [4.78, 5) is 9.61. The van der Waals surface area contributed by atoms with Crippen molar-refractivity contribution in [2.45, 2.75) is 32.5 Å². The molecule has 0 aliphatic rings. The fraction of sp³-hybridized carbons (Fsp3) is 0.667. The van der Waals surface area contributed by atoms with Crippen molar-refractivity contribution < 1.29 is 13.2 Å². The molecule has 0 atom stereocenters. The van der Waals surface area contributed by atoms with E-state index in [0.29, 0.717) is 11.0 Å². The lowest BCUT2D eigenvalue weighted by Gasteiger charge is -2.21. The largest absolute Gasteiger partial charge is 0.434 e. The number of guanidine groups is 1. The molecule has 0 amide bonds. The summed E-state index contributed by atoms with van der Waals surface area (Å²) in [6, 6.07) is 0. The van der Waals surface area contributed by atoms with Crippen molar-refractivity contribution in [3.05, 3.63) is 16.1 Å². The highest BCUT2D eigenvalue weighted by atomic mass is 127. The Bertz CT molecular complexity index is 448. The van der Waals surface area contributed by atoms with Gasteiger partial charge in [-0.15, -0.1) is 35.3 Å². The third kappa shape index (κ3) is 6.81. The zero-order valence-corrected chi connectivity index (χ0v) is 15.3. The first-order valence-electron chi connectivity index (χ1n) is 6.31. The van der Waals surface area contributed by atoms with E-state index in [-0.39, 0.29) is 30.5 Å². The topological polar surface area (TPSA) is 40.5 Å². The van der Waals surface area contributed by atoms with Gasteiger partial charge < -0.3 is 10.2 Å². The van der Waals surface area contributed by atoms with Gasteiger partial charge >= 0.3 is 6.18 Å². The molecule has 122 valence electrons. The molecule has 0 spiro atoms. The van der Waals surface area contributed by atoms with Crippen LogP contribution < -0.4 is 5.32 Å². The molecule has 0 bridgehead atoms. The van der Waals surface area contributed by atoms with Gasteiger partial charge in [0.1, 0.15) is 5.01 Å². The fourth-order valence-corrected chi connectivity index (χ4v) is 2.30. The molecular weight excluding hydrogens is 416 g/mol. The lowest BCUT2D eigenvalue weighted by atomic mass is 10.3. The van der Waals surface area contributed by atoms with Crippen molar-refractivity contribution in [3.8, 4) is 0 Å². The summed E-state index contributed by atoms with van der Waals surface area (Å²) in [7, 11) is 3.54. The molecule has 1 aromatic rings. The summed E-state index contributed by atoms with van der Waals surface area (Å²) in [5.74, 6) is 0.655. The minimum atomic E-state index is -4.38. The second-order valence-corrected chi connectivity index (χ2v) is 5.24. The Morgan fingerprint density at radius 1 is 1.48 bits per heavy atom. The van der Waals surface area contributed by atoms with Gasteiger partial charge in [0.2, 0.25) is 0 Å². The molecule has 0 aromatic carbocycles. The second kappa shape index (κ2) is 9.44. The molecule has 0 fully saturated rings. The summed E-state index contributed by atoms with van der Waals surface area (Å²) in [5, 5.41) is 4.44. The summed E-state index contributed by atoms with van der Waals surface area (Å²) in [6.07, 6.45) is -2.27. The Hall–Kier alpha value is -0.580. The van der Waals surface area contributed by atoms with Crippen molar-refractivity contribution in [2.24, 2.45) is 4.99 Å². The fourth-order valence-electron chi connectivity index (χ4n) is 1.56. The van der Waals surface area contributed by atoms with Crippen LogP contribution in [-0.4, -0.2) is 36.5 Å². The number of halogens is 4. The van der Waals surface area contributed by atoms with E-state index in [1.807, 2.05) is 11.9 Å². The van der Waals surface area contributed by atoms with Crippen molar-refractivity contribution in [2.75, 3.05) is 20.6 Å². The highest BCUT2D eigenvalue weighted by Crippen LogP contribution is 2.29. The molecular formula is C12H20F3IN4S. The van der Waals surface area contributed by atoms with Gasteiger partial charge in [-0.25, -0.2) is 4.98 Å². The maximum atomic E-state index is 12.4. The molecule has 1 N–H and O–H groups in total. The van der Waals surface area contributed by atoms with Crippen LogP contribution in [0.25, 0.3) is 0 Å². The third-order valence-corrected chi connectivity index (χ3v) is 3.51. The van der Waals surface area contributed by atoms with Crippen LogP contribution in [0.15, 0.2) is 10.4 Å². The number of nitrogens with one attached hydrogen (secondary N) is 1. The van der Waals surface area contributed by atoms with Crippen LogP contribution in [0, 0.1) is 0 Å². The number of alkyl halides is 3.